The van der Waals surface area contributed by atoms with Crippen molar-refractivity contribution in [2.45, 2.75) is 19.8 Å². The molecule has 0 amide bonds. The predicted octanol–water partition coefficient (Wildman–Crippen LogP) is 0.629. The summed E-state index contributed by atoms with van der Waals surface area (Å²) in [7, 11) is 8.15. The van der Waals surface area contributed by atoms with Gasteiger partial charge in [0.2, 0.25) is 0 Å². The first kappa shape index (κ1) is 24.2. The Morgan fingerprint density at radius 1 is 0.839 bits per heavy atom. The average Bonchev–Trinajstić information content (AvgIpc) is 3.13. The van der Waals surface area contributed by atoms with E-state index < -0.39 is 0 Å². The van der Waals surface area contributed by atoms with Crippen LogP contribution in [-0.4, -0.2) is 45.3 Å². The number of rotatable bonds is 8. The number of nitrogens with zero attached hydrogens (tertiary/aromatic N) is 6. The molecule has 0 aliphatic heterocycles. The predicted molar refractivity (Wildman–Crippen MR) is 126 cm³/mol. The number of imidazole rings is 1. The lowest BCUT2D eigenvalue weighted by Gasteiger charge is -2.11. The molecule has 0 bridgehead atoms. The summed E-state index contributed by atoms with van der Waals surface area (Å²) >= 11 is 0. The molecule has 0 aliphatic carbocycles. The number of aromatic nitrogens is 2. The van der Waals surface area contributed by atoms with Crippen LogP contribution in [0.1, 0.15) is 30.3 Å². The number of anilines is 2. The van der Waals surface area contributed by atoms with Gasteiger partial charge < -0.3 is 22.2 Å². The quantitative estimate of drug-likeness (QED) is 0.382. The highest BCUT2D eigenvalue weighted by Gasteiger charge is 2.15. The summed E-state index contributed by atoms with van der Waals surface area (Å²) < 4.78 is 3.80. The van der Waals surface area contributed by atoms with Gasteiger partial charge >= 0.3 is 5.82 Å². The molecule has 3 aromatic rings. The van der Waals surface area contributed by atoms with Crippen molar-refractivity contribution < 1.29 is 17.1 Å². The topological polar surface area (TPSA) is 40.0 Å². The molecule has 3 rings (SSSR count). The molecule has 1 heterocycles. The smallest absolute Gasteiger partial charge is 0.307 e. The van der Waals surface area contributed by atoms with Gasteiger partial charge in [-0.1, -0.05) is 41.4 Å². The minimum atomic E-state index is 0. The molecule has 1 aromatic heterocycles. The van der Waals surface area contributed by atoms with Crippen molar-refractivity contribution >= 4 is 23.8 Å². The second kappa shape index (κ2) is 11.3. The number of halogens is 1. The van der Waals surface area contributed by atoms with Crippen LogP contribution in [0.15, 0.2) is 71.1 Å². The third-order valence-corrected chi connectivity index (χ3v) is 4.83. The van der Waals surface area contributed by atoms with Crippen LogP contribution in [0, 0.1) is 0 Å². The summed E-state index contributed by atoms with van der Waals surface area (Å²) in [5, 5.41) is 9.31. The Labute approximate surface area is 191 Å². The number of hydrogen-bond acceptors (Lipinski definition) is 4. The summed E-state index contributed by atoms with van der Waals surface area (Å²) in [6.07, 6.45) is 9.56. The molecule has 0 unspecified atom stereocenters. The zero-order valence-corrected chi connectivity index (χ0v) is 19.7. The first-order valence-corrected chi connectivity index (χ1v) is 10.2. The van der Waals surface area contributed by atoms with Crippen LogP contribution in [-0.2, 0) is 6.42 Å². The van der Waals surface area contributed by atoms with E-state index in [0.717, 1.165) is 29.8 Å². The van der Waals surface area contributed by atoms with Crippen LogP contribution in [0.25, 0.3) is 0 Å². The number of hydrogen-bond donors (Lipinski definition) is 0. The first-order valence-electron chi connectivity index (χ1n) is 10.2. The normalized spacial score (nSPS) is 11.1. The fraction of sp³-hybridized carbons (Fsp3) is 0.292. The third-order valence-electron chi connectivity index (χ3n) is 4.83. The summed E-state index contributed by atoms with van der Waals surface area (Å²) in [5.41, 5.74) is 4.47. The Kier molecular flexibility index (Phi) is 8.82. The maximum atomic E-state index is 4.65. The summed E-state index contributed by atoms with van der Waals surface area (Å²) in [6.45, 7) is 2.16. The van der Waals surface area contributed by atoms with E-state index in [2.05, 4.69) is 75.5 Å². The van der Waals surface area contributed by atoms with E-state index >= 15 is 0 Å². The Morgan fingerprint density at radius 2 is 1.35 bits per heavy atom. The second-order valence-corrected chi connectivity index (χ2v) is 7.61. The summed E-state index contributed by atoms with van der Waals surface area (Å²) in [4.78, 5) is 4.17. The molecule has 0 saturated carbocycles. The van der Waals surface area contributed by atoms with E-state index in [-0.39, 0.29) is 12.4 Å². The zero-order valence-electron chi connectivity index (χ0n) is 18.9. The van der Waals surface area contributed by atoms with Crippen LogP contribution in [0.2, 0.25) is 0 Å². The van der Waals surface area contributed by atoms with Gasteiger partial charge in [0.05, 0.1) is 18.9 Å². The SMILES string of the molecule is CCCc1n(N=Cc2ccc(N(C)C)cc2)cc[n+]1N=Cc1ccc(N(C)C)cc1.[Cl-]. The van der Waals surface area contributed by atoms with Gasteiger partial charge in [-0.25, -0.2) is 0 Å². The molecule has 0 fully saturated rings. The molecule has 7 heteroatoms. The molecule has 0 spiro atoms. The lowest BCUT2D eigenvalue weighted by molar-refractivity contribution is -0.685. The van der Waals surface area contributed by atoms with Crippen LogP contribution in [0.3, 0.4) is 0 Å². The van der Waals surface area contributed by atoms with E-state index in [9.17, 15) is 0 Å². The highest BCUT2D eigenvalue weighted by atomic mass is 35.5. The van der Waals surface area contributed by atoms with Crippen LogP contribution in [0.4, 0.5) is 11.4 Å². The first-order chi connectivity index (χ1) is 14.5. The van der Waals surface area contributed by atoms with Crippen molar-refractivity contribution in [1.29, 1.82) is 0 Å². The summed E-state index contributed by atoms with van der Waals surface area (Å²) in [5.74, 6) is 1.04. The minimum absolute atomic E-state index is 0. The van der Waals surface area contributed by atoms with Gasteiger partial charge in [-0.15, -0.1) is 9.35 Å². The highest BCUT2D eigenvalue weighted by Crippen LogP contribution is 2.12. The van der Waals surface area contributed by atoms with E-state index in [1.807, 2.05) is 62.4 Å². The van der Waals surface area contributed by atoms with Crippen molar-refractivity contribution in [2.75, 3.05) is 38.0 Å². The largest absolute Gasteiger partial charge is 1.00 e. The van der Waals surface area contributed by atoms with E-state index in [0.29, 0.717) is 0 Å². The minimum Gasteiger partial charge on any atom is -1.00 e. The van der Waals surface area contributed by atoms with Gasteiger partial charge in [-0.2, -0.15) is 0 Å². The van der Waals surface area contributed by atoms with Gasteiger partial charge in [-0.05, 0) is 41.8 Å². The van der Waals surface area contributed by atoms with Gasteiger partial charge in [0.25, 0.3) is 0 Å². The fourth-order valence-corrected chi connectivity index (χ4v) is 3.04. The van der Waals surface area contributed by atoms with Gasteiger partial charge in [0, 0.05) is 39.6 Å². The Morgan fingerprint density at radius 3 is 1.84 bits per heavy atom. The van der Waals surface area contributed by atoms with Gasteiger partial charge in [0.1, 0.15) is 0 Å². The standard InChI is InChI=1S/C24H31N6.ClH/c1-6-7-24-29(25-18-20-8-12-22(13-9-20)27(2)3)16-17-30(24)26-19-21-10-14-23(15-11-21)28(4)5;/h8-19H,6-7H2,1-5H3;1H/q+1;/p-1. The lowest BCUT2D eigenvalue weighted by Crippen LogP contribution is -3.00. The molecule has 6 nitrogen and oxygen atoms in total. The maximum Gasteiger partial charge on any atom is 0.307 e. The van der Waals surface area contributed by atoms with E-state index in [4.69, 9.17) is 0 Å². The molecule has 0 atom stereocenters. The van der Waals surface area contributed by atoms with E-state index in [1.165, 1.54) is 11.4 Å². The van der Waals surface area contributed by atoms with Gasteiger partial charge in [0.15, 0.2) is 12.4 Å². The third kappa shape index (κ3) is 6.43. The molecular formula is C24H31ClN6. The van der Waals surface area contributed by atoms with Crippen LogP contribution in [0.5, 0.6) is 0 Å². The van der Waals surface area contributed by atoms with Crippen molar-refractivity contribution in [3.05, 3.63) is 77.9 Å². The Hall–Kier alpha value is -3.12. The van der Waals surface area contributed by atoms with Crippen molar-refractivity contribution in [2.24, 2.45) is 10.2 Å². The molecule has 0 saturated heterocycles. The van der Waals surface area contributed by atoms with Crippen molar-refractivity contribution in [3.8, 4) is 0 Å². The van der Waals surface area contributed by atoms with Crippen molar-refractivity contribution in [1.82, 2.24) is 4.68 Å². The molecule has 2 aromatic carbocycles. The Balaban J connectivity index is 0.00000341. The molecule has 0 radical (unpaired) electrons. The van der Waals surface area contributed by atoms with Crippen LogP contribution < -0.4 is 26.9 Å². The monoisotopic (exact) mass is 438 g/mol. The second-order valence-electron chi connectivity index (χ2n) is 7.61. The maximum absolute atomic E-state index is 4.65. The number of benzene rings is 2. The Bertz CT molecular complexity index is 923. The van der Waals surface area contributed by atoms with Gasteiger partial charge in [-0.3, -0.25) is 0 Å². The average molecular weight is 439 g/mol. The van der Waals surface area contributed by atoms with E-state index in [1.54, 1.807) is 0 Å². The van der Waals surface area contributed by atoms with Crippen LogP contribution >= 0.6 is 0 Å². The molecule has 0 aliphatic rings. The fourth-order valence-electron chi connectivity index (χ4n) is 3.04. The molecule has 31 heavy (non-hydrogen) atoms. The molecule has 164 valence electrons. The van der Waals surface area contributed by atoms with Crippen molar-refractivity contribution in [3.63, 3.8) is 0 Å². The molecular weight excluding hydrogens is 408 g/mol. The zero-order chi connectivity index (χ0) is 21.5. The molecule has 0 N–H and O–H groups in total. The highest BCUT2D eigenvalue weighted by molar-refractivity contribution is 5.80. The summed E-state index contributed by atoms with van der Waals surface area (Å²) in [6, 6.07) is 16.7. The lowest BCUT2D eigenvalue weighted by atomic mass is 10.2.